The van der Waals surface area contributed by atoms with Crippen LogP contribution in [0.4, 0.5) is 0 Å². The van der Waals surface area contributed by atoms with Gasteiger partial charge in [-0.3, -0.25) is 14.6 Å². The molecule has 0 heterocycles. The van der Waals surface area contributed by atoms with E-state index in [0.717, 1.165) is 5.56 Å². The Balaban J connectivity index is 2.42. The molecule has 0 aliphatic rings. The SMILES string of the molecule is CN=C(NCCC(=O)NC(C)C)NCc1ccc(C(=O)N(C)C)cc1. The molecule has 3 N–H and O–H groups in total. The Labute approximate surface area is 149 Å². The normalized spacial score (nSPS) is 11.2. The number of guanidine groups is 1. The van der Waals surface area contributed by atoms with Crippen molar-refractivity contribution in [3.05, 3.63) is 35.4 Å². The maximum atomic E-state index is 11.9. The number of carbonyl (C=O) groups excluding carboxylic acids is 2. The lowest BCUT2D eigenvalue weighted by Gasteiger charge is -2.13. The maximum Gasteiger partial charge on any atom is 0.253 e. The van der Waals surface area contributed by atoms with E-state index in [-0.39, 0.29) is 17.9 Å². The second-order valence-electron chi connectivity index (χ2n) is 6.22. The molecular formula is C18H29N5O2. The Kier molecular flexibility index (Phi) is 8.46. The fraction of sp³-hybridized carbons (Fsp3) is 0.500. The molecule has 1 aromatic carbocycles. The zero-order valence-corrected chi connectivity index (χ0v) is 15.7. The number of aliphatic imine (C=N–C) groups is 1. The van der Waals surface area contributed by atoms with Gasteiger partial charge in [0, 0.05) is 52.3 Å². The van der Waals surface area contributed by atoms with Gasteiger partial charge >= 0.3 is 0 Å². The van der Waals surface area contributed by atoms with Crippen LogP contribution in [0.25, 0.3) is 0 Å². The van der Waals surface area contributed by atoms with Crippen molar-refractivity contribution in [1.82, 2.24) is 20.9 Å². The molecule has 2 amide bonds. The smallest absolute Gasteiger partial charge is 0.253 e. The first-order valence-electron chi connectivity index (χ1n) is 8.38. The van der Waals surface area contributed by atoms with Crippen LogP contribution in [-0.4, -0.2) is 56.4 Å². The lowest BCUT2D eigenvalue weighted by atomic mass is 10.1. The van der Waals surface area contributed by atoms with Gasteiger partial charge in [-0.2, -0.15) is 0 Å². The van der Waals surface area contributed by atoms with E-state index in [1.54, 1.807) is 26.0 Å². The van der Waals surface area contributed by atoms with E-state index in [2.05, 4.69) is 20.9 Å². The molecule has 0 fully saturated rings. The van der Waals surface area contributed by atoms with Gasteiger partial charge in [0.25, 0.3) is 5.91 Å². The fourth-order valence-electron chi connectivity index (χ4n) is 2.12. The molecule has 25 heavy (non-hydrogen) atoms. The van der Waals surface area contributed by atoms with Crippen molar-refractivity contribution in [3.8, 4) is 0 Å². The quantitative estimate of drug-likeness (QED) is 0.507. The summed E-state index contributed by atoms with van der Waals surface area (Å²) in [7, 11) is 5.14. The van der Waals surface area contributed by atoms with Gasteiger partial charge in [-0.1, -0.05) is 12.1 Å². The van der Waals surface area contributed by atoms with Gasteiger partial charge in [-0.15, -0.1) is 0 Å². The van der Waals surface area contributed by atoms with Gasteiger partial charge in [-0.25, -0.2) is 0 Å². The molecule has 0 bridgehead atoms. The molecule has 0 saturated heterocycles. The van der Waals surface area contributed by atoms with E-state index >= 15 is 0 Å². The summed E-state index contributed by atoms with van der Waals surface area (Å²) in [5.41, 5.74) is 1.70. The van der Waals surface area contributed by atoms with Gasteiger partial charge in [0.2, 0.25) is 5.91 Å². The first kappa shape index (κ1) is 20.5. The van der Waals surface area contributed by atoms with Crippen LogP contribution in [0, 0.1) is 0 Å². The van der Waals surface area contributed by atoms with E-state index in [0.29, 0.717) is 31.0 Å². The molecular weight excluding hydrogens is 318 g/mol. The van der Waals surface area contributed by atoms with Crippen LogP contribution in [-0.2, 0) is 11.3 Å². The van der Waals surface area contributed by atoms with E-state index < -0.39 is 0 Å². The van der Waals surface area contributed by atoms with E-state index in [9.17, 15) is 9.59 Å². The zero-order chi connectivity index (χ0) is 18.8. The van der Waals surface area contributed by atoms with Gasteiger partial charge in [0.15, 0.2) is 5.96 Å². The molecule has 7 nitrogen and oxygen atoms in total. The van der Waals surface area contributed by atoms with Crippen molar-refractivity contribution in [2.24, 2.45) is 4.99 Å². The van der Waals surface area contributed by atoms with Gasteiger partial charge in [0.05, 0.1) is 0 Å². The van der Waals surface area contributed by atoms with Crippen LogP contribution in [0.2, 0.25) is 0 Å². The van der Waals surface area contributed by atoms with Gasteiger partial charge in [0.1, 0.15) is 0 Å². The van der Waals surface area contributed by atoms with Crippen LogP contribution in [0.1, 0.15) is 36.2 Å². The molecule has 0 aliphatic heterocycles. The van der Waals surface area contributed by atoms with Crippen LogP contribution in [0.3, 0.4) is 0 Å². The summed E-state index contributed by atoms with van der Waals surface area (Å²) in [5.74, 6) is 0.626. The summed E-state index contributed by atoms with van der Waals surface area (Å²) in [4.78, 5) is 29.1. The molecule has 0 unspecified atom stereocenters. The third-order valence-electron chi connectivity index (χ3n) is 3.38. The van der Waals surface area contributed by atoms with Crippen molar-refractivity contribution in [1.29, 1.82) is 0 Å². The Morgan fingerprint density at radius 3 is 2.28 bits per heavy atom. The van der Waals surface area contributed by atoms with Crippen LogP contribution >= 0.6 is 0 Å². The van der Waals surface area contributed by atoms with Crippen molar-refractivity contribution >= 4 is 17.8 Å². The minimum absolute atomic E-state index is 0.0131. The summed E-state index contributed by atoms with van der Waals surface area (Å²) >= 11 is 0. The van der Waals surface area contributed by atoms with Crippen LogP contribution < -0.4 is 16.0 Å². The number of benzene rings is 1. The molecule has 0 atom stereocenters. The number of nitrogens with one attached hydrogen (secondary N) is 3. The van der Waals surface area contributed by atoms with Gasteiger partial charge < -0.3 is 20.9 Å². The first-order valence-corrected chi connectivity index (χ1v) is 8.38. The molecule has 0 saturated carbocycles. The number of carbonyl (C=O) groups is 2. The Morgan fingerprint density at radius 1 is 1.12 bits per heavy atom. The van der Waals surface area contributed by atoms with Crippen molar-refractivity contribution in [3.63, 3.8) is 0 Å². The predicted octanol–water partition coefficient (Wildman–Crippen LogP) is 0.968. The van der Waals surface area contributed by atoms with Gasteiger partial charge in [-0.05, 0) is 31.5 Å². The number of amides is 2. The van der Waals surface area contributed by atoms with E-state index in [1.807, 2.05) is 38.1 Å². The second kappa shape index (κ2) is 10.3. The number of rotatable bonds is 7. The zero-order valence-electron chi connectivity index (χ0n) is 15.7. The third kappa shape index (κ3) is 7.69. The topological polar surface area (TPSA) is 85.8 Å². The minimum Gasteiger partial charge on any atom is -0.356 e. The standard InChI is InChI=1S/C18H29N5O2/c1-13(2)22-16(24)10-11-20-18(19-3)21-12-14-6-8-15(9-7-14)17(25)23(4)5/h6-9,13H,10-12H2,1-5H3,(H,22,24)(H2,19,20,21). The average Bonchev–Trinajstić information content (AvgIpc) is 2.57. The largest absolute Gasteiger partial charge is 0.356 e. The van der Waals surface area contributed by atoms with E-state index in [4.69, 9.17) is 0 Å². The molecule has 0 aliphatic carbocycles. The lowest BCUT2D eigenvalue weighted by molar-refractivity contribution is -0.121. The van der Waals surface area contributed by atoms with Crippen molar-refractivity contribution in [2.45, 2.75) is 32.9 Å². The molecule has 1 aromatic rings. The summed E-state index contributed by atoms with van der Waals surface area (Å²) in [6.45, 7) is 4.95. The summed E-state index contributed by atoms with van der Waals surface area (Å²) in [5, 5.41) is 9.13. The van der Waals surface area contributed by atoms with E-state index in [1.165, 1.54) is 0 Å². The summed E-state index contributed by atoms with van der Waals surface area (Å²) in [6.07, 6.45) is 0.389. The highest BCUT2D eigenvalue weighted by Gasteiger charge is 2.07. The molecule has 0 spiro atoms. The summed E-state index contributed by atoms with van der Waals surface area (Å²) < 4.78 is 0. The molecule has 7 heteroatoms. The average molecular weight is 347 g/mol. The molecule has 0 aromatic heterocycles. The Bertz CT molecular complexity index is 594. The number of nitrogens with zero attached hydrogens (tertiary/aromatic N) is 2. The molecule has 0 radical (unpaired) electrons. The highest BCUT2D eigenvalue weighted by Crippen LogP contribution is 2.06. The maximum absolute atomic E-state index is 11.9. The third-order valence-corrected chi connectivity index (χ3v) is 3.38. The highest BCUT2D eigenvalue weighted by atomic mass is 16.2. The minimum atomic E-state index is -0.0170. The van der Waals surface area contributed by atoms with Crippen LogP contribution in [0.15, 0.2) is 29.3 Å². The van der Waals surface area contributed by atoms with Crippen molar-refractivity contribution in [2.75, 3.05) is 27.7 Å². The highest BCUT2D eigenvalue weighted by molar-refractivity contribution is 5.93. The number of hydrogen-bond acceptors (Lipinski definition) is 3. The number of hydrogen-bond donors (Lipinski definition) is 3. The van der Waals surface area contributed by atoms with Crippen molar-refractivity contribution < 1.29 is 9.59 Å². The Morgan fingerprint density at radius 2 is 1.76 bits per heavy atom. The van der Waals surface area contributed by atoms with Crippen LogP contribution in [0.5, 0.6) is 0 Å². The molecule has 138 valence electrons. The predicted molar refractivity (Wildman–Crippen MR) is 101 cm³/mol. The monoisotopic (exact) mass is 347 g/mol. The lowest BCUT2D eigenvalue weighted by Crippen LogP contribution is -2.39. The first-order chi connectivity index (χ1) is 11.8. The molecule has 1 rings (SSSR count). The summed E-state index contributed by atoms with van der Waals surface area (Å²) in [6, 6.07) is 7.59. The second-order valence-corrected chi connectivity index (χ2v) is 6.22. The Hall–Kier alpha value is -2.57. The fourth-order valence-corrected chi connectivity index (χ4v) is 2.12.